The summed E-state index contributed by atoms with van der Waals surface area (Å²) in [6.45, 7) is 2.01. The molecule has 1 fully saturated rings. The highest BCUT2D eigenvalue weighted by molar-refractivity contribution is 4.99. The average Bonchev–Trinajstić information content (AvgIpc) is 2.42. The lowest BCUT2D eigenvalue weighted by molar-refractivity contribution is 0.290. The smallest absolute Gasteiger partial charge is 0.103 e. The summed E-state index contributed by atoms with van der Waals surface area (Å²) < 4.78 is 0. The molecule has 0 aromatic carbocycles. The molecule has 0 aliphatic heterocycles. The van der Waals surface area contributed by atoms with E-state index in [1.54, 1.807) is 0 Å². The molecule has 0 atom stereocenters. The van der Waals surface area contributed by atoms with Gasteiger partial charge in [0, 0.05) is 11.9 Å². The number of H-pyrrole nitrogens is 1. The minimum absolute atomic E-state index is 1.04. The van der Waals surface area contributed by atoms with E-state index in [1.807, 2.05) is 13.1 Å². The molecule has 2 rings (SSSR count). The number of rotatable bonds is 4. The van der Waals surface area contributed by atoms with E-state index >= 15 is 0 Å². The number of aromatic nitrogens is 2. The molecule has 1 aliphatic rings. The van der Waals surface area contributed by atoms with Crippen molar-refractivity contribution >= 4 is 0 Å². The fourth-order valence-corrected chi connectivity index (χ4v) is 1.96. The second-order valence-corrected chi connectivity index (χ2v) is 4.18. The van der Waals surface area contributed by atoms with Gasteiger partial charge >= 0.3 is 0 Å². The maximum Gasteiger partial charge on any atom is 0.103 e. The second-order valence-electron chi connectivity index (χ2n) is 4.18. The van der Waals surface area contributed by atoms with Crippen LogP contribution in [0.3, 0.4) is 0 Å². The zero-order valence-corrected chi connectivity index (χ0v) is 8.34. The van der Waals surface area contributed by atoms with E-state index in [0.29, 0.717) is 0 Å². The van der Waals surface area contributed by atoms with Gasteiger partial charge in [0.1, 0.15) is 5.82 Å². The van der Waals surface area contributed by atoms with Crippen molar-refractivity contribution in [2.75, 3.05) is 0 Å². The molecule has 0 amide bonds. The largest absolute Gasteiger partial charge is 0.346 e. The van der Waals surface area contributed by atoms with Crippen molar-refractivity contribution in [3.63, 3.8) is 0 Å². The molecule has 0 spiro atoms. The third-order valence-corrected chi connectivity index (χ3v) is 3.04. The van der Waals surface area contributed by atoms with Gasteiger partial charge in [0.2, 0.25) is 0 Å². The Morgan fingerprint density at radius 2 is 2.38 bits per heavy atom. The first kappa shape index (κ1) is 8.79. The van der Waals surface area contributed by atoms with E-state index in [-0.39, 0.29) is 0 Å². The minimum Gasteiger partial charge on any atom is -0.346 e. The van der Waals surface area contributed by atoms with Gasteiger partial charge in [-0.15, -0.1) is 0 Å². The predicted octanol–water partition coefficient (Wildman–Crippen LogP) is 2.84. The Kier molecular flexibility index (Phi) is 2.67. The summed E-state index contributed by atoms with van der Waals surface area (Å²) in [7, 11) is 0. The van der Waals surface area contributed by atoms with Crippen LogP contribution >= 0.6 is 0 Å². The van der Waals surface area contributed by atoms with Crippen molar-refractivity contribution in [1.29, 1.82) is 0 Å². The van der Waals surface area contributed by atoms with Crippen molar-refractivity contribution < 1.29 is 0 Å². The lowest BCUT2D eigenvalue weighted by Crippen LogP contribution is -2.10. The summed E-state index contributed by atoms with van der Waals surface area (Å²) in [4.78, 5) is 7.47. The quantitative estimate of drug-likeness (QED) is 0.754. The number of imidazole rings is 1. The number of nitrogens with zero attached hydrogens (tertiary/aromatic N) is 1. The Hall–Kier alpha value is -0.790. The molecule has 72 valence electrons. The van der Waals surface area contributed by atoms with Crippen LogP contribution in [-0.4, -0.2) is 9.97 Å². The van der Waals surface area contributed by atoms with E-state index in [2.05, 4.69) is 9.97 Å². The van der Waals surface area contributed by atoms with Gasteiger partial charge in [0.25, 0.3) is 0 Å². The average molecular weight is 178 g/mol. The molecule has 13 heavy (non-hydrogen) atoms. The molecule has 2 nitrogen and oxygen atoms in total. The fourth-order valence-electron chi connectivity index (χ4n) is 1.96. The normalized spacial score (nSPS) is 17.3. The molecule has 0 unspecified atom stereocenters. The number of hydrogen-bond donors (Lipinski definition) is 1. The predicted molar refractivity (Wildman–Crippen MR) is 53.6 cm³/mol. The summed E-state index contributed by atoms with van der Waals surface area (Å²) in [5.74, 6) is 2.09. The van der Waals surface area contributed by atoms with Crippen LogP contribution in [0.4, 0.5) is 0 Å². The summed E-state index contributed by atoms with van der Waals surface area (Å²) in [6, 6.07) is 0. The van der Waals surface area contributed by atoms with Crippen LogP contribution in [0.15, 0.2) is 6.20 Å². The fraction of sp³-hybridized carbons (Fsp3) is 0.727. The van der Waals surface area contributed by atoms with Gasteiger partial charge in [0.15, 0.2) is 0 Å². The zero-order valence-electron chi connectivity index (χ0n) is 8.34. The summed E-state index contributed by atoms with van der Waals surface area (Å²) in [5, 5.41) is 0. The van der Waals surface area contributed by atoms with Crippen molar-refractivity contribution in [3.05, 3.63) is 17.7 Å². The molecule has 1 aliphatic carbocycles. The Morgan fingerprint density at radius 3 is 2.92 bits per heavy atom. The standard InChI is InChI=1S/C11H18N2/c1-9-12-8-11(13-9)7-3-6-10-4-2-5-10/h8,10H,2-7H2,1H3,(H,12,13). The zero-order chi connectivity index (χ0) is 9.10. The monoisotopic (exact) mass is 178 g/mol. The lowest BCUT2D eigenvalue weighted by Gasteiger charge is -2.24. The Labute approximate surface area is 79.8 Å². The Bertz CT molecular complexity index is 261. The SMILES string of the molecule is Cc1ncc(CCCC2CCC2)[nH]1. The second kappa shape index (κ2) is 3.95. The topological polar surface area (TPSA) is 28.7 Å². The van der Waals surface area contributed by atoms with E-state index in [9.17, 15) is 0 Å². The Morgan fingerprint density at radius 1 is 1.54 bits per heavy atom. The van der Waals surface area contributed by atoms with Gasteiger partial charge < -0.3 is 4.98 Å². The first-order chi connectivity index (χ1) is 6.34. The van der Waals surface area contributed by atoms with Crippen molar-refractivity contribution in [2.24, 2.45) is 5.92 Å². The molecule has 1 N–H and O–H groups in total. The van der Waals surface area contributed by atoms with Crippen LogP contribution in [0.1, 0.15) is 43.6 Å². The van der Waals surface area contributed by atoms with Gasteiger partial charge in [0.05, 0.1) is 0 Å². The van der Waals surface area contributed by atoms with Crippen LogP contribution < -0.4 is 0 Å². The summed E-state index contributed by atoms with van der Waals surface area (Å²) in [5.41, 5.74) is 1.30. The van der Waals surface area contributed by atoms with E-state index < -0.39 is 0 Å². The molecule has 1 aromatic heterocycles. The molecule has 0 saturated heterocycles. The number of aryl methyl sites for hydroxylation is 2. The molecular weight excluding hydrogens is 160 g/mol. The van der Waals surface area contributed by atoms with Gasteiger partial charge in [-0.05, 0) is 25.7 Å². The van der Waals surface area contributed by atoms with Crippen LogP contribution in [0.25, 0.3) is 0 Å². The van der Waals surface area contributed by atoms with Crippen LogP contribution in [-0.2, 0) is 6.42 Å². The summed E-state index contributed by atoms with van der Waals surface area (Å²) in [6.07, 6.45) is 10.3. The van der Waals surface area contributed by atoms with Crippen LogP contribution in [0.2, 0.25) is 0 Å². The third kappa shape index (κ3) is 2.33. The molecule has 1 saturated carbocycles. The number of aromatic amines is 1. The van der Waals surface area contributed by atoms with E-state index in [1.165, 1.54) is 44.2 Å². The van der Waals surface area contributed by atoms with E-state index in [0.717, 1.165) is 11.7 Å². The molecule has 2 heteroatoms. The molecule has 0 bridgehead atoms. The maximum absolute atomic E-state index is 4.19. The van der Waals surface area contributed by atoms with Crippen LogP contribution in [0.5, 0.6) is 0 Å². The first-order valence-electron chi connectivity index (χ1n) is 5.35. The van der Waals surface area contributed by atoms with Gasteiger partial charge in [-0.25, -0.2) is 4.98 Å². The molecular formula is C11H18N2. The molecule has 1 aromatic rings. The lowest BCUT2D eigenvalue weighted by atomic mass is 9.82. The van der Waals surface area contributed by atoms with Gasteiger partial charge in [-0.2, -0.15) is 0 Å². The summed E-state index contributed by atoms with van der Waals surface area (Å²) >= 11 is 0. The van der Waals surface area contributed by atoms with Crippen molar-refractivity contribution in [3.8, 4) is 0 Å². The third-order valence-electron chi connectivity index (χ3n) is 3.04. The number of nitrogens with one attached hydrogen (secondary N) is 1. The minimum atomic E-state index is 1.04. The molecule has 0 radical (unpaired) electrons. The van der Waals surface area contributed by atoms with Gasteiger partial charge in [-0.1, -0.05) is 25.7 Å². The highest BCUT2D eigenvalue weighted by atomic mass is 14.9. The van der Waals surface area contributed by atoms with Gasteiger partial charge in [-0.3, -0.25) is 0 Å². The van der Waals surface area contributed by atoms with Crippen molar-refractivity contribution in [1.82, 2.24) is 9.97 Å². The number of hydrogen-bond acceptors (Lipinski definition) is 1. The van der Waals surface area contributed by atoms with Crippen LogP contribution in [0, 0.1) is 12.8 Å². The van der Waals surface area contributed by atoms with Crippen molar-refractivity contribution in [2.45, 2.75) is 45.4 Å². The maximum atomic E-state index is 4.19. The first-order valence-corrected chi connectivity index (χ1v) is 5.35. The Balaban J connectivity index is 1.67. The molecule has 1 heterocycles. The highest BCUT2D eigenvalue weighted by Crippen LogP contribution is 2.30. The highest BCUT2D eigenvalue weighted by Gasteiger charge is 2.16. The van der Waals surface area contributed by atoms with E-state index in [4.69, 9.17) is 0 Å².